The maximum atomic E-state index is 3.08. The van der Waals surface area contributed by atoms with Crippen molar-refractivity contribution in [1.29, 1.82) is 0 Å². The van der Waals surface area contributed by atoms with E-state index in [1.165, 1.54) is 44.3 Å². The number of nitrogens with zero attached hydrogens (tertiary/aromatic N) is 2. The van der Waals surface area contributed by atoms with Gasteiger partial charge in [-0.25, -0.2) is 0 Å². The molecule has 0 atom stereocenters. The van der Waals surface area contributed by atoms with E-state index in [1.54, 1.807) is 0 Å². The van der Waals surface area contributed by atoms with E-state index >= 15 is 0 Å². The normalized spacial score (nSPS) is 11.3. The number of unbranched alkanes of at least 4 members (excludes halogenated alkanes) is 3. The minimum absolute atomic E-state index is 0. The monoisotopic (exact) mass is 359 g/mol. The number of halogens is 1. The largest absolute Gasteiger partial charge is 0.331 e. The summed E-state index contributed by atoms with van der Waals surface area (Å²) in [4.78, 5) is 0. The van der Waals surface area contributed by atoms with Gasteiger partial charge in [0.25, 0.3) is 0 Å². The maximum absolute atomic E-state index is 3.08. The number of rotatable bonds is 9. The van der Waals surface area contributed by atoms with Crippen LogP contribution in [0.15, 0.2) is 30.3 Å². The van der Waals surface area contributed by atoms with Crippen molar-refractivity contribution >= 4 is 12.4 Å². The van der Waals surface area contributed by atoms with Crippen LogP contribution in [0.3, 0.4) is 0 Å². The predicted octanol–water partition coefficient (Wildman–Crippen LogP) is 3.79. The Morgan fingerprint density at radius 1 is 0.708 bits per heavy atom. The third kappa shape index (κ3) is 19.4. The summed E-state index contributed by atoms with van der Waals surface area (Å²) in [5.41, 5.74) is 1.33. The first-order chi connectivity index (χ1) is 10.6. The van der Waals surface area contributed by atoms with Crippen LogP contribution < -0.4 is 5.32 Å². The van der Waals surface area contributed by atoms with Gasteiger partial charge in [-0.2, -0.15) is 0 Å². The van der Waals surface area contributed by atoms with Crippen molar-refractivity contribution < 1.29 is 8.97 Å². The average molecular weight is 360 g/mol. The van der Waals surface area contributed by atoms with Gasteiger partial charge in [-0.15, -0.1) is 12.4 Å². The zero-order valence-electron chi connectivity index (χ0n) is 17.1. The Morgan fingerprint density at radius 2 is 1.12 bits per heavy atom. The number of benzene rings is 1. The van der Waals surface area contributed by atoms with Gasteiger partial charge in [-0.1, -0.05) is 30.3 Å². The molecule has 0 aliphatic rings. The Labute approximate surface area is 157 Å². The molecule has 0 aromatic heterocycles. The Kier molecular flexibility index (Phi) is 14.6. The summed E-state index contributed by atoms with van der Waals surface area (Å²) in [7, 11) is 15.6. The highest BCUT2D eigenvalue weighted by atomic mass is 35.5. The molecule has 0 radical (unpaired) electrons. The van der Waals surface area contributed by atoms with Crippen molar-refractivity contribution in [2.24, 2.45) is 0 Å². The molecule has 0 saturated carbocycles. The Morgan fingerprint density at radius 3 is 1.46 bits per heavy atom. The van der Waals surface area contributed by atoms with Crippen LogP contribution in [-0.2, 0) is 6.54 Å². The highest BCUT2D eigenvalue weighted by Crippen LogP contribution is 2.05. The highest BCUT2D eigenvalue weighted by molar-refractivity contribution is 5.85. The van der Waals surface area contributed by atoms with Crippen molar-refractivity contribution in [2.45, 2.75) is 32.2 Å². The lowest BCUT2D eigenvalue weighted by Gasteiger charge is -2.25. The van der Waals surface area contributed by atoms with Gasteiger partial charge in [-0.3, -0.25) is 0 Å². The summed E-state index contributed by atoms with van der Waals surface area (Å²) in [6.07, 6.45) is 5.55. The van der Waals surface area contributed by atoms with Crippen LogP contribution in [0, 0.1) is 0 Å². The molecule has 0 bridgehead atoms. The molecule has 1 N–H and O–H groups in total. The van der Waals surface area contributed by atoms with Gasteiger partial charge in [-0.05, 0) is 38.3 Å². The minimum atomic E-state index is 0. The summed E-state index contributed by atoms with van der Waals surface area (Å²) >= 11 is 0. The second-order valence-corrected chi connectivity index (χ2v) is 8.46. The fourth-order valence-corrected chi connectivity index (χ4v) is 2.33. The molecule has 0 aliphatic heterocycles. The van der Waals surface area contributed by atoms with Gasteiger partial charge >= 0.3 is 0 Å². The van der Waals surface area contributed by atoms with E-state index in [-0.39, 0.29) is 12.4 Å². The summed E-state index contributed by atoms with van der Waals surface area (Å²) in [5, 5.41) is 3.08. The SMILES string of the molecule is CNCc1ccccc1.C[N+](C)(C)CCCCCC[N+](C)(C)C.Cl. The van der Waals surface area contributed by atoms with Crippen LogP contribution in [0.4, 0.5) is 0 Å². The smallest absolute Gasteiger partial charge is 0.0780 e. The number of hydrogen-bond donors (Lipinski definition) is 1. The van der Waals surface area contributed by atoms with Crippen LogP contribution in [0.2, 0.25) is 0 Å². The molecular weight excluding hydrogens is 318 g/mol. The summed E-state index contributed by atoms with van der Waals surface area (Å²) < 4.78 is 2.21. The number of hydrogen-bond acceptors (Lipinski definition) is 1. The number of nitrogens with one attached hydrogen (secondary N) is 1. The van der Waals surface area contributed by atoms with Gasteiger partial charge in [0, 0.05) is 6.54 Å². The molecular formula is C20H42ClN3+2. The molecule has 0 aliphatic carbocycles. The molecule has 0 heterocycles. The van der Waals surface area contributed by atoms with Gasteiger partial charge in [0.15, 0.2) is 0 Å². The van der Waals surface area contributed by atoms with E-state index in [1.807, 2.05) is 25.2 Å². The number of quaternary nitrogens is 2. The van der Waals surface area contributed by atoms with Crippen LogP contribution in [0.25, 0.3) is 0 Å². The molecule has 0 saturated heterocycles. The molecule has 3 nitrogen and oxygen atoms in total. The predicted molar refractivity (Wildman–Crippen MR) is 111 cm³/mol. The molecule has 4 heteroatoms. The zero-order valence-corrected chi connectivity index (χ0v) is 18.0. The van der Waals surface area contributed by atoms with Crippen molar-refractivity contribution in [3.8, 4) is 0 Å². The molecule has 1 aromatic carbocycles. The second kappa shape index (κ2) is 13.7. The molecule has 142 valence electrons. The summed E-state index contributed by atoms with van der Waals surface area (Å²) in [6.45, 7) is 3.58. The Balaban J connectivity index is 0. The van der Waals surface area contributed by atoms with Crippen LogP contribution >= 0.6 is 12.4 Å². The van der Waals surface area contributed by atoms with E-state index in [4.69, 9.17) is 0 Å². The summed E-state index contributed by atoms with van der Waals surface area (Å²) in [5.74, 6) is 0. The topological polar surface area (TPSA) is 12.0 Å². The third-order valence-electron chi connectivity index (χ3n) is 3.63. The Hall–Kier alpha value is -0.610. The van der Waals surface area contributed by atoms with E-state index in [0.29, 0.717) is 0 Å². The van der Waals surface area contributed by atoms with Crippen molar-refractivity contribution in [3.05, 3.63) is 35.9 Å². The van der Waals surface area contributed by atoms with Gasteiger partial charge in [0.1, 0.15) is 0 Å². The lowest BCUT2D eigenvalue weighted by atomic mass is 10.1. The van der Waals surface area contributed by atoms with Crippen molar-refractivity contribution in [1.82, 2.24) is 5.32 Å². The van der Waals surface area contributed by atoms with E-state index in [2.05, 4.69) is 59.7 Å². The van der Waals surface area contributed by atoms with Gasteiger partial charge in [0.2, 0.25) is 0 Å². The molecule has 1 aromatic rings. The quantitative estimate of drug-likeness (QED) is 0.522. The van der Waals surface area contributed by atoms with Gasteiger partial charge in [0.05, 0.1) is 55.4 Å². The van der Waals surface area contributed by atoms with Crippen molar-refractivity contribution in [2.75, 3.05) is 62.4 Å². The molecule has 0 spiro atoms. The molecule has 0 fully saturated rings. The molecule has 24 heavy (non-hydrogen) atoms. The average Bonchev–Trinajstić information content (AvgIpc) is 2.43. The summed E-state index contributed by atoms with van der Waals surface area (Å²) in [6, 6.07) is 10.3. The van der Waals surface area contributed by atoms with E-state index in [0.717, 1.165) is 15.5 Å². The fourth-order valence-electron chi connectivity index (χ4n) is 2.33. The standard InChI is InChI=1S/C12H30N2.C8H11N.ClH/c1-13(2,3)11-9-7-8-10-12-14(4,5)6;1-9-7-8-5-3-2-4-6-8;/h7-12H2,1-6H3;2-6,9H,7H2,1H3;1H/q+2;;. The van der Waals surface area contributed by atoms with Gasteiger partial charge < -0.3 is 14.3 Å². The first kappa shape index (κ1) is 25.6. The first-order valence-electron chi connectivity index (χ1n) is 8.93. The van der Waals surface area contributed by atoms with Crippen LogP contribution in [0.1, 0.15) is 31.2 Å². The maximum Gasteiger partial charge on any atom is 0.0780 e. The molecule has 1 rings (SSSR count). The minimum Gasteiger partial charge on any atom is -0.331 e. The second-order valence-electron chi connectivity index (χ2n) is 8.46. The van der Waals surface area contributed by atoms with E-state index < -0.39 is 0 Å². The molecule has 0 unspecified atom stereocenters. The first-order valence-corrected chi connectivity index (χ1v) is 8.93. The zero-order chi connectivity index (χ0) is 17.8. The highest BCUT2D eigenvalue weighted by Gasteiger charge is 2.07. The van der Waals surface area contributed by atoms with E-state index in [9.17, 15) is 0 Å². The molecule has 0 amide bonds. The van der Waals surface area contributed by atoms with Crippen LogP contribution in [0.5, 0.6) is 0 Å². The fraction of sp³-hybridized carbons (Fsp3) is 0.700. The Bertz CT molecular complexity index is 362. The third-order valence-corrected chi connectivity index (χ3v) is 3.63. The lowest BCUT2D eigenvalue weighted by Crippen LogP contribution is -2.35. The lowest BCUT2D eigenvalue weighted by molar-refractivity contribution is -0.871. The van der Waals surface area contributed by atoms with Crippen LogP contribution in [-0.4, -0.2) is 71.4 Å². The van der Waals surface area contributed by atoms with Crippen molar-refractivity contribution in [3.63, 3.8) is 0 Å².